The van der Waals surface area contributed by atoms with Crippen LogP contribution >= 0.6 is 0 Å². The smallest absolute Gasteiger partial charge is 0.263 e. The third-order valence-electron chi connectivity index (χ3n) is 3.27. The van der Waals surface area contributed by atoms with Crippen LogP contribution in [0.5, 0.6) is 0 Å². The van der Waals surface area contributed by atoms with Gasteiger partial charge >= 0.3 is 0 Å². The van der Waals surface area contributed by atoms with Crippen molar-refractivity contribution in [2.45, 2.75) is 32.9 Å². The molecule has 2 N–H and O–H groups in total. The Morgan fingerprint density at radius 2 is 2.14 bits per heavy atom. The van der Waals surface area contributed by atoms with Crippen LogP contribution in [0.1, 0.15) is 20.8 Å². The molecule has 3 aromatic heterocycles. The second-order valence-electron chi connectivity index (χ2n) is 6.07. The van der Waals surface area contributed by atoms with Gasteiger partial charge in [0.05, 0.1) is 18.3 Å². The van der Waals surface area contributed by atoms with E-state index in [2.05, 4.69) is 25.5 Å². The first-order valence-electron chi connectivity index (χ1n) is 7.15. The Morgan fingerprint density at radius 1 is 1.32 bits per heavy atom. The Bertz CT molecular complexity index is 823. The minimum absolute atomic E-state index is 0.193. The molecule has 8 heteroatoms. The highest BCUT2D eigenvalue weighted by atomic mass is 16.1. The van der Waals surface area contributed by atoms with E-state index in [-0.39, 0.29) is 11.1 Å². The summed E-state index contributed by atoms with van der Waals surface area (Å²) in [4.78, 5) is 19.3. The van der Waals surface area contributed by atoms with Crippen LogP contribution in [0.2, 0.25) is 0 Å². The quantitative estimate of drug-likeness (QED) is 0.755. The van der Waals surface area contributed by atoms with E-state index in [0.717, 1.165) is 0 Å². The maximum atomic E-state index is 12.1. The van der Waals surface area contributed by atoms with Gasteiger partial charge in [-0.05, 0) is 26.8 Å². The average molecular weight is 301 g/mol. The van der Waals surface area contributed by atoms with Gasteiger partial charge in [-0.3, -0.25) is 14.5 Å². The summed E-state index contributed by atoms with van der Waals surface area (Å²) in [6.45, 7) is 7.36. The molecule has 0 radical (unpaired) electrons. The second-order valence-corrected chi connectivity index (χ2v) is 6.07. The lowest BCUT2D eigenvalue weighted by Gasteiger charge is -2.19. The molecule has 3 aromatic rings. The molecular weight excluding hydrogens is 282 g/mol. The molecule has 22 heavy (non-hydrogen) atoms. The summed E-state index contributed by atoms with van der Waals surface area (Å²) in [5.41, 5.74) is 0.148. The highest BCUT2D eigenvalue weighted by Gasteiger charge is 2.19. The summed E-state index contributed by atoms with van der Waals surface area (Å²) in [7, 11) is 0. The van der Waals surface area contributed by atoms with Gasteiger partial charge in [-0.1, -0.05) is 0 Å². The van der Waals surface area contributed by atoms with Crippen molar-refractivity contribution in [3.05, 3.63) is 35.0 Å². The number of hydrogen-bond donors (Lipinski definition) is 2. The first-order valence-corrected chi connectivity index (χ1v) is 7.15. The van der Waals surface area contributed by atoms with Crippen molar-refractivity contribution in [2.24, 2.45) is 0 Å². The van der Waals surface area contributed by atoms with Gasteiger partial charge < -0.3 is 5.32 Å². The van der Waals surface area contributed by atoms with Crippen LogP contribution < -0.4 is 10.9 Å². The van der Waals surface area contributed by atoms with Gasteiger partial charge in [0.2, 0.25) is 5.95 Å². The van der Waals surface area contributed by atoms with E-state index in [1.807, 2.05) is 37.7 Å². The van der Waals surface area contributed by atoms with E-state index in [9.17, 15) is 4.79 Å². The van der Waals surface area contributed by atoms with Crippen molar-refractivity contribution in [3.63, 3.8) is 0 Å². The zero-order chi connectivity index (χ0) is 15.7. The first kappa shape index (κ1) is 14.3. The lowest BCUT2D eigenvalue weighted by molar-refractivity contribution is 0.366. The molecule has 8 nitrogen and oxygen atoms in total. The minimum atomic E-state index is -0.241. The van der Waals surface area contributed by atoms with Crippen molar-refractivity contribution in [1.29, 1.82) is 0 Å². The number of nitrogens with one attached hydrogen (secondary N) is 2. The zero-order valence-corrected chi connectivity index (χ0v) is 12.9. The van der Waals surface area contributed by atoms with Gasteiger partial charge in [0, 0.05) is 18.9 Å². The van der Waals surface area contributed by atoms with Gasteiger partial charge in [-0.2, -0.15) is 15.2 Å². The summed E-state index contributed by atoms with van der Waals surface area (Å²) in [5.74, 6) is 0.440. The molecule has 0 atom stereocenters. The molecule has 0 amide bonds. The van der Waals surface area contributed by atoms with Crippen LogP contribution in [-0.4, -0.2) is 36.1 Å². The van der Waals surface area contributed by atoms with Crippen molar-refractivity contribution in [3.8, 4) is 0 Å². The predicted molar refractivity (Wildman–Crippen MR) is 83.9 cm³/mol. The third kappa shape index (κ3) is 2.72. The summed E-state index contributed by atoms with van der Waals surface area (Å²) < 4.78 is 3.57. The van der Waals surface area contributed by atoms with Crippen LogP contribution in [-0.2, 0) is 12.1 Å². The average Bonchev–Trinajstić information content (AvgIpc) is 3.06. The number of aromatic amines is 1. The van der Waals surface area contributed by atoms with Gasteiger partial charge in [-0.15, -0.1) is 0 Å². The Morgan fingerprint density at radius 3 is 2.82 bits per heavy atom. The molecule has 0 aliphatic heterocycles. The first-order chi connectivity index (χ1) is 10.4. The number of nitrogens with zero attached hydrogens (tertiary/aromatic N) is 5. The summed E-state index contributed by atoms with van der Waals surface area (Å²) >= 11 is 0. The third-order valence-corrected chi connectivity index (χ3v) is 3.27. The lowest BCUT2D eigenvalue weighted by atomic mass is 10.1. The molecule has 0 bridgehead atoms. The van der Waals surface area contributed by atoms with E-state index >= 15 is 0 Å². The fourth-order valence-corrected chi connectivity index (χ4v) is 2.21. The molecule has 0 unspecified atom stereocenters. The van der Waals surface area contributed by atoms with E-state index in [1.165, 1.54) is 0 Å². The highest BCUT2D eigenvalue weighted by molar-refractivity contribution is 5.74. The van der Waals surface area contributed by atoms with Crippen LogP contribution in [0.4, 0.5) is 5.95 Å². The second kappa shape index (κ2) is 5.28. The van der Waals surface area contributed by atoms with Crippen molar-refractivity contribution in [1.82, 2.24) is 29.5 Å². The number of H-pyrrole nitrogens is 1. The molecular formula is C14H19N7O. The Kier molecular flexibility index (Phi) is 3.44. The summed E-state index contributed by atoms with van der Waals surface area (Å²) in [6.07, 6.45) is 5.17. The van der Waals surface area contributed by atoms with Crippen molar-refractivity contribution in [2.75, 3.05) is 11.9 Å². The number of fused-ring (bicyclic) bond motifs is 1. The van der Waals surface area contributed by atoms with Crippen molar-refractivity contribution >= 4 is 17.0 Å². The van der Waals surface area contributed by atoms with Gasteiger partial charge in [0.15, 0.2) is 5.65 Å². The molecule has 3 rings (SSSR count). The number of hydrogen-bond acceptors (Lipinski definition) is 5. The minimum Gasteiger partial charge on any atom is -0.354 e. The normalized spacial score (nSPS) is 12.0. The van der Waals surface area contributed by atoms with E-state index < -0.39 is 0 Å². The highest BCUT2D eigenvalue weighted by Crippen LogP contribution is 2.18. The molecule has 0 fully saturated rings. The van der Waals surface area contributed by atoms with E-state index in [1.54, 1.807) is 17.1 Å². The predicted octanol–water partition coefficient (Wildman–Crippen LogP) is 1.18. The van der Waals surface area contributed by atoms with Crippen molar-refractivity contribution < 1.29 is 0 Å². The molecule has 116 valence electrons. The molecule has 0 aromatic carbocycles. The fourth-order valence-electron chi connectivity index (χ4n) is 2.21. The molecule has 0 saturated carbocycles. The monoisotopic (exact) mass is 301 g/mol. The topological polar surface area (TPSA) is 93.4 Å². The van der Waals surface area contributed by atoms with Crippen LogP contribution in [0.3, 0.4) is 0 Å². The summed E-state index contributed by atoms with van der Waals surface area (Å²) in [6, 6.07) is 1.87. The number of rotatable bonds is 4. The Balaban J connectivity index is 1.86. The van der Waals surface area contributed by atoms with Gasteiger partial charge in [-0.25, -0.2) is 4.68 Å². The molecule has 0 aliphatic rings. The number of anilines is 1. The zero-order valence-electron chi connectivity index (χ0n) is 12.9. The lowest BCUT2D eigenvalue weighted by Crippen LogP contribution is -2.24. The van der Waals surface area contributed by atoms with Crippen LogP contribution in [0.25, 0.3) is 11.0 Å². The van der Waals surface area contributed by atoms with Gasteiger partial charge in [0.1, 0.15) is 5.39 Å². The molecule has 0 spiro atoms. The largest absolute Gasteiger partial charge is 0.354 e. The van der Waals surface area contributed by atoms with E-state index in [0.29, 0.717) is 30.1 Å². The molecule has 0 aliphatic carbocycles. The van der Waals surface area contributed by atoms with E-state index in [4.69, 9.17) is 0 Å². The maximum Gasteiger partial charge on any atom is 0.263 e. The SMILES string of the molecule is CC(C)(C)n1ncc2c(=O)[nH]c(NCCn3cccn3)nc21. The molecule has 0 saturated heterocycles. The van der Waals surface area contributed by atoms with Crippen LogP contribution in [0, 0.1) is 0 Å². The van der Waals surface area contributed by atoms with Gasteiger partial charge in [0.25, 0.3) is 5.56 Å². The maximum absolute atomic E-state index is 12.1. The Labute approximate surface area is 127 Å². The Hall–Kier alpha value is -2.64. The standard InChI is InChI=1S/C14H19N7O/c1-14(2,3)21-11-10(9-17-21)12(22)19-13(18-11)15-6-8-20-7-4-5-16-20/h4-5,7,9H,6,8H2,1-3H3,(H2,15,18,19,22). The molecule has 3 heterocycles. The van der Waals surface area contributed by atoms with Crippen LogP contribution in [0.15, 0.2) is 29.5 Å². The summed E-state index contributed by atoms with van der Waals surface area (Å²) in [5, 5.41) is 12.0. The fraction of sp³-hybridized carbons (Fsp3) is 0.429. The number of aromatic nitrogens is 6.